The first-order valence-electron chi connectivity index (χ1n) is 13.1. The normalized spacial score (nSPS) is 11.2. The predicted octanol–water partition coefficient (Wildman–Crippen LogP) is 7.50. The number of benzene rings is 3. The molecule has 0 aliphatic rings. The number of hydrogen-bond donors (Lipinski definition) is 2. The van der Waals surface area contributed by atoms with Crippen molar-refractivity contribution in [3.8, 4) is 0 Å². The third kappa shape index (κ3) is 4.96. The van der Waals surface area contributed by atoms with Gasteiger partial charge in [-0.1, -0.05) is 56.1 Å². The van der Waals surface area contributed by atoms with Gasteiger partial charge >= 0.3 is 11.9 Å². The molecule has 0 saturated heterocycles. The molecule has 0 unspecified atom stereocenters. The first-order chi connectivity index (χ1) is 20.4. The van der Waals surface area contributed by atoms with Crippen LogP contribution in [0.5, 0.6) is 0 Å². The number of hydrogen-bond acceptors (Lipinski definition) is 8. The lowest BCUT2D eigenvalue weighted by Crippen LogP contribution is -2.13. The highest BCUT2D eigenvalue weighted by Gasteiger charge is 2.29. The van der Waals surface area contributed by atoms with Crippen molar-refractivity contribution in [1.82, 2.24) is 18.8 Å². The molecule has 42 heavy (non-hydrogen) atoms. The van der Waals surface area contributed by atoms with Crippen LogP contribution in [0.2, 0.25) is 0 Å². The van der Waals surface area contributed by atoms with E-state index in [2.05, 4.69) is 42.5 Å². The van der Waals surface area contributed by atoms with Gasteiger partial charge in [-0.2, -0.15) is 0 Å². The SMILES string of the molecule is CCOC(=O)c1c(Nc2cccc(Br)c2)nc2c3nc(Nc4cccc(Br)c4)c(C(=O)OCC)n3c3ccccc3n12. The van der Waals surface area contributed by atoms with Crippen molar-refractivity contribution in [1.29, 1.82) is 0 Å². The monoisotopic (exact) mass is 690 g/mol. The summed E-state index contributed by atoms with van der Waals surface area (Å²) in [6.45, 7) is 3.86. The van der Waals surface area contributed by atoms with Gasteiger partial charge in [0.05, 0.1) is 24.2 Å². The van der Waals surface area contributed by atoms with Gasteiger partial charge in [-0.25, -0.2) is 19.6 Å². The van der Waals surface area contributed by atoms with Crippen LogP contribution < -0.4 is 10.6 Å². The Morgan fingerprint density at radius 3 is 1.50 bits per heavy atom. The van der Waals surface area contributed by atoms with E-state index in [9.17, 15) is 9.59 Å². The van der Waals surface area contributed by atoms with Crippen molar-refractivity contribution in [2.45, 2.75) is 13.8 Å². The van der Waals surface area contributed by atoms with Crippen LogP contribution in [0.3, 0.4) is 0 Å². The highest BCUT2D eigenvalue weighted by atomic mass is 79.9. The molecule has 0 fully saturated rings. The van der Waals surface area contributed by atoms with Gasteiger partial charge in [-0.15, -0.1) is 0 Å². The van der Waals surface area contributed by atoms with Crippen molar-refractivity contribution in [3.63, 3.8) is 0 Å². The Morgan fingerprint density at radius 1 is 0.690 bits per heavy atom. The second kappa shape index (κ2) is 11.5. The van der Waals surface area contributed by atoms with Gasteiger partial charge in [0.2, 0.25) is 0 Å². The van der Waals surface area contributed by atoms with Crippen molar-refractivity contribution in [3.05, 3.63) is 93.1 Å². The molecule has 0 saturated carbocycles. The molecule has 6 aromatic rings. The van der Waals surface area contributed by atoms with Crippen LogP contribution >= 0.6 is 31.9 Å². The van der Waals surface area contributed by atoms with E-state index < -0.39 is 11.9 Å². The lowest BCUT2D eigenvalue weighted by atomic mass is 10.2. The van der Waals surface area contributed by atoms with E-state index in [4.69, 9.17) is 19.4 Å². The molecule has 0 amide bonds. The highest BCUT2D eigenvalue weighted by Crippen LogP contribution is 2.34. The van der Waals surface area contributed by atoms with E-state index in [1.54, 1.807) is 22.6 Å². The quantitative estimate of drug-likeness (QED) is 0.158. The number of halogens is 2. The number of esters is 2. The topological polar surface area (TPSA) is 111 Å². The van der Waals surface area contributed by atoms with Gasteiger partial charge in [0, 0.05) is 20.3 Å². The molecule has 3 aromatic heterocycles. The Hall–Kier alpha value is -4.42. The molecule has 3 heterocycles. The van der Waals surface area contributed by atoms with Crippen LogP contribution in [0.1, 0.15) is 34.8 Å². The number of nitrogens with one attached hydrogen (secondary N) is 2. The van der Waals surface area contributed by atoms with E-state index in [0.717, 1.165) is 8.95 Å². The maximum absolute atomic E-state index is 13.5. The fourth-order valence-corrected chi connectivity index (χ4v) is 5.61. The molecule has 10 nitrogen and oxygen atoms in total. The van der Waals surface area contributed by atoms with E-state index in [0.29, 0.717) is 33.7 Å². The first kappa shape index (κ1) is 27.7. The summed E-state index contributed by atoms with van der Waals surface area (Å²) in [6.07, 6.45) is 0. The summed E-state index contributed by atoms with van der Waals surface area (Å²) in [7, 11) is 0. The average molecular weight is 692 g/mol. The lowest BCUT2D eigenvalue weighted by molar-refractivity contribution is 0.0510. The number of anilines is 4. The van der Waals surface area contributed by atoms with E-state index in [1.807, 2.05) is 72.8 Å². The molecule has 0 radical (unpaired) electrons. The summed E-state index contributed by atoms with van der Waals surface area (Å²) in [5.74, 6) is -0.540. The number of para-hydroxylation sites is 2. The maximum Gasteiger partial charge on any atom is 0.359 e. The number of rotatable bonds is 8. The molecule has 3 aromatic carbocycles. The fraction of sp³-hybridized carbons (Fsp3) is 0.133. The van der Waals surface area contributed by atoms with Gasteiger partial charge in [0.15, 0.2) is 34.3 Å². The predicted molar refractivity (Wildman–Crippen MR) is 168 cm³/mol. The van der Waals surface area contributed by atoms with Gasteiger partial charge in [0.25, 0.3) is 0 Å². The van der Waals surface area contributed by atoms with Crippen molar-refractivity contribution in [2.24, 2.45) is 0 Å². The van der Waals surface area contributed by atoms with E-state index in [1.165, 1.54) is 0 Å². The Bertz CT molecular complexity index is 1860. The zero-order valence-corrected chi connectivity index (χ0v) is 25.7. The van der Waals surface area contributed by atoms with Gasteiger partial charge in [-0.05, 0) is 62.4 Å². The number of nitrogens with zero attached hydrogens (tertiary/aromatic N) is 4. The summed E-state index contributed by atoms with van der Waals surface area (Å²) in [4.78, 5) is 36.7. The molecule has 0 aliphatic heterocycles. The van der Waals surface area contributed by atoms with Gasteiger partial charge < -0.3 is 20.1 Å². The number of carbonyl (C=O) groups is 2. The number of ether oxygens (including phenoxy) is 2. The maximum atomic E-state index is 13.5. The van der Waals surface area contributed by atoms with E-state index in [-0.39, 0.29) is 36.2 Å². The third-order valence-corrected chi connectivity index (χ3v) is 7.42. The lowest BCUT2D eigenvalue weighted by Gasteiger charge is -2.11. The zero-order chi connectivity index (χ0) is 29.4. The smallest absolute Gasteiger partial charge is 0.359 e. The third-order valence-electron chi connectivity index (χ3n) is 6.43. The molecule has 212 valence electrons. The molecule has 0 atom stereocenters. The van der Waals surface area contributed by atoms with Crippen LogP contribution in [0, 0.1) is 0 Å². The number of imidazole rings is 2. The van der Waals surface area contributed by atoms with Gasteiger partial charge in [-0.3, -0.25) is 8.80 Å². The van der Waals surface area contributed by atoms with Crippen LogP contribution in [-0.4, -0.2) is 43.9 Å². The molecule has 2 N–H and O–H groups in total. The summed E-state index contributed by atoms with van der Waals surface area (Å²) < 4.78 is 16.1. The Labute approximate surface area is 256 Å². The molecular formula is C30H24Br2N6O4. The van der Waals surface area contributed by atoms with Crippen molar-refractivity contribution in [2.75, 3.05) is 23.8 Å². The van der Waals surface area contributed by atoms with Crippen LogP contribution in [0.25, 0.3) is 22.3 Å². The fourth-order valence-electron chi connectivity index (χ4n) is 4.81. The van der Waals surface area contributed by atoms with Crippen molar-refractivity contribution < 1.29 is 19.1 Å². The average Bonchev–Trinajstić information content (AvgIpc) is 3.52. The molecule has 12 heteroatoms. The molecule has 0 bridgehead atoms. The Morgan fingerprint density at radius 2 is 1.12 bits per heavy atom. The molecule has 0 aliphatic carbocycles. The molecule has 6 rings (SSSR count). The number of carbonyl (C=O) groups excluding carboxylic acids is 2. The summed E-state index contributed by atoms with van der Waals surface area (Å²) in [5.41, 5.74) is 3.77. The zero-order valence-electron chi connectivity index (χ0n) is 22.5. The second-order valence-electron chi connectivity index (χ2n) is 9.14. The van der Waals surface area contributed by atoms with Crippen LogP contribution in [0.15, 0.2) is 81.7 Å². The van der Waals surface area contributed by atoms with E-state index >= 15 is 0 Å². The number of fused-ring (bicyclic) bond motifs is 6. The Kier molecular flexibility index (Phi) is 7.56. The summed E-state index contributed by atoms with van der Waals surface area (Å²) in [5, 5.41) is 6.54. The molecular weight excluding hydrogens is 668 g/mol. The minimum Gasteiger partial charge on any atom is -0.461 e. The minimum atomic E-state index is -0.554. The minimum absolute atomic E-state index is 0.180. The summed E-state index contributed by atoms with van der Waals surface area (Å²) in [6, 6.07) is 22.5. The standard InChI is InChI=1S/C30H24Br2N6O4/c1-3-41-29(39)23-25(33-19-11-7-9-17(31)15-19)35-27-28-36-26(34-20-12-8-10-18(32)16-20)24(30(40)42-4-2)38(28)22-14-6-5-13-21(22)37(23)27/h5-16,33-34H,3-4H2,1-2H3. The largest absolute Gasteiger partial charge is 0.461 e. The number of aromatic nitrogens is 4. The van der Waals surface area contributed by atoms with Gasteiger partial charge in [0.1, 0.15) is 0 Å². The second-order valence-corrected chi connectivity index (χ2v) is 11.0. The molecule has 0 spiro atoms. The Balaban J connectivity index is 1.70. The van der Waals surface area contributed by atoms with Crippen molar-refractivity contribution >= 4 is 89.1 Å². The first-order valence-corrected chi connectivity index (χ1v) is 14.7. The summed E-state index contributed by atoms with van der Waals surface area (Å²) >= 11 is 6.98. The van der Waals surface area contributed by atoms with Crippen LogP contribution in [-0.2, 0) is 9.47 Å². The highest BCUT2D eigenvalue weighted by molar-refractivity contribution is 9.10. The van der Waals surface area contributed by atoms with Crippen LogP contribution in [0.4, 0.5) is 23.0 Å².